The van der Waals surface area contributed by atoms with Crippen LogP contribution in [0.25, 0.3) is 0 Å². The fourth-order valence-electron chi connectivity index (χ4n) is 5.42. The maximum atomic E-state index is 4.61. The van der Waals surface area contributed by atoms with Crippen molar-refractivity contribution < 1.29 is 0 Å². The Morgan fingerprint density at radius 3 is 2.30 bits per heavy atom. The highest BCUT2D eigenvalue weighted by atomic mass is 32.1. The third-order valence-electron chi connectivity index (χ3n) is 5.77. The molecular weight excluding hydrogens is 266 g/mol. The van der Waals surface area contributed by atoms with E-state index in [9.17, 15) is 0 Å². The number of rotatable bonds is 4. The molecule has 3 nitrogen and oxygen atoms in total. The minimum atomic E-state index is 0.399. The Labute approximate surface area is 125 Å². The van der Waals surface area contributed by atoms with Crippen LogP contribution in [0.5, 0.6) is 0 Å². The third kappa shape index (κ3) is 2.12. The Bertz CT molecular complexity index is 458. The summed E-state index contributed by atoms with van der Waals surface area (Å²) < 4.78 is 4.31. The van der Waals surface area contributed by atoms with Crippen molar-refractivity contribution >= 4 is 11.5 Å². The standard InChI is InChI=1S/C16H25N3S/c1-10(2)17-9-14-15(18-19-20-14)16-6-11-3-12(7-16)5-13(4-11)8-16/h10-13,17H,3-9H2,1-2H3. The molecule has 110 valence electrons. The van der Waals surface area contributed by atoms with E-state index in [0.717, 1.165) is 24.3 Å². The first-order valence-corrected chi connectivity index (χ1v) is 8.97. The lowest BCUT2D eigenvalue weighted by atomic mass is 9.48. The van der Waals surface area contributed by atoms with Crippen LogP contribution in [0.1, 0.15) is 62.9 Å². The van der Waals surface area contributed by atoms with Crippen LogP contribution in [-0.4, -0.2) is 15.6 Å². The molecule has 4 heteroatoms. The third-order valence-corrected chi connectivity index (χ3v) is 6.49. The van der Waals surface area contributed by atoms with Crippen molar-refractivity contribution in [2.24, 2.45) is 17.8 Å². The molecule has 4 aliphatic carbocycles. The molecule has 1 aromatic heterocycles. The minimum Gasteiger partial charge on any atom is -0.310 e. The van der Waals surface area contributed by atoms with Crippen LogP contribution in [0.3, 0.4) is 0 Å². The summed E-state index contributed by atoms with van der Waals surface area (Å²) in [6, 6.07) is 0.529. The zero-order chi connectivity index (χ0) is 13.7. The summed E-state index contributed by atoms with van der Waals surface area (Å²) in [6.07, 6.45) is 8.65. The maximum absolute atomic E-state index is 4.61. The van der Waals surface area contributed by atoms with Crippen molar-refractivity contribution in [1.82, 2.24) is 14.9 Å². The lowest BCUT2D eigenvalue weighted by Crippen LogP contribution is -2.49. The molecule has 0 atom stereocenters. The number of hydrogen-bond acceptors (Lipinski definition) is 4. The Kier molecular flexibility index (Phi) is 3.15. The van der Waals surface area contributed by atoms with E-state index in [2.05, 4.69) is 28.8 Å². The second-order valence-electron chi connectivity index (χ2n) is 7.78. The highest BCUT2D eigenvalue weighted by Gasteiger charge is 2.53. The van der Waals surface area contributed by atoms with E-state index in [-0.39, 0.29) is 0 Å². The number of hydrogen-bond donors (Lipinski definition) is 1. The highest BCUT2D eigenvalue weighted by molar-refractivity contribution is 7.05. The van der Waals surface area contributed by atoms with E-state index in [4.69, 9.17) is 0 Å². The average Bonchev–Trinajstić information content (AvgIpc) is 2.83. The number of aromatic nitrogens is 2. The largest absolute Gasteiger partial charge is 0.310 e. The van der Waals surface area contributed by atoms with Crippen LogP contribution >= 0.6 is 11.5 Å². The molecule has 1 heterocycles. The van der Waals surface area contributed by atoms with E-state index in [1.165, 1.54) is 49.1 Å². The normalized spacial score (nSPS) is 38.9. The topological polar surface area (TPSA) is 37.8 Å². The van der Waals surface area contributed by atoms with Gasteiger partial charge in [0.1, 0.15) is 0 Å². The first-order chi connectivity index (χ1) is 9.64. The van der Waals surface area contributed by atoms with Crippen LogP contribution in [0.15, 0.2) is 0 Å². The van der Waals surface area contributed by atoms with Crippen molar-refractivity contribution in [1.29, 1.82) is 0 Å². The second kappa shape index (κ2) is 4.77. The van der Waals surface area contributed by atoms with Crippen LogP contribution in [0.4, 0.5) is 0 Å². The molecule has 0 unspecified atom stereocenters. The molecule has 0 aromatic carbocycles. The van der Waals surface area contributed by atoms with Gasteiger partial charge in [-0.25, -0.2) is 0 Å². The monoisotopic (exact) mass is 291 g/mol. The maximum Gasteiger partial charge on any atom is 0.0862 e. The molecule has 1 N–H and O–H groups in total. The smallest absolute Gasteiger partial charge is 0.0862 e. The predicted octanol–water partition coefficient (Wildman–Crippen LogP) is 3.50. The lowest BCUT2D eigenvalue weighted by Gasteiger charge is -2.56. The predicted molar refractivity (Wildman–Crippen MR) is 81.7 cm³/mol. The van der Waals surface area contributed by atoms with E-state index >= 15 is 0 Å². The summed E-state index contributed by atoms with van der Waals surface area (Å²) in [5.74, 6) is 2.94. The molecule has 4 saturated carbocycles. The quantitative estimate of drug-likeness (QED) is 0.922. The first-order valence-electron chi connectivity index (χ1n) is 8.20. The lowest BCUT2D eigenvalue weighted by molar-refractivity contribution is -0.00762. The fourth-order valence-corrected chi connectivity index (χ4v) is 6.14. The van der Waals surface area contributed by atoms with Gasteiger partial charge in [-0.2, -0.15) is 0 Å². The van der Waals surface area contributed by atoms with Gasteiger partial charge in [0, 0.05) is 18.0 Å². The van der Waals surface area contributed by atoms with Crippen molar-refractivity contribution in [3.05, 3.63) is 10.6 Å². The van der Waals surface area contributed by atoms with E-state index in [0.29, 0.717) is 11.5 Å². The molecule has 1 aromatic rings. The Balaban J connectivity index is 1.62. The van der Waals surface area contributed by atoms with Crippen molar-refractivity contribution in [2.45, 2.75) is 70.4 Å². The number of nitrogens with zero attached hydrogens (tertiary/aromatic N) is 2. The molecule has 0 aliphatic heterocycles. The molecule has 0 spiro atoms. The molecule has 0 saturated heterocycles. The summed E-state index contributed by atoms with van der Waals surface area (Å²) in [5, 5.41) is 8.16. The van der Waals surface area contributed by atoms with Gasteiger partial charge in [-0.1, -0.05) is 18.3 Å². The Hall–Kier alpha value is -0.480. The molecular formula is C16H25N3S. The van der Waals surface area contributed by atoms with Gasteiger partial charge in [0.15, 0.2) is 0 Å². The Morgan fingerprint density at radius 2 is 1.75 bits per heavy atom. The van der Waals surface area contributed by atoms with Gasteiger partial charge in [0.05, 0.1) is 10.6 Å². The van der Waals surface area contributed by atoms with E-state index in [1.807, 2.05) is 0 Å². The molecule has 5 rings (SSSR count). The van der Waals surface area contributed by atoms with Crippen LogP contribution in [0, 0.1) is 17.8 Å². The van der Waals surface area contributed by atoms with Gasteiger partial charge in [-0.05, 0) is 67.8 Å². The van der Waals surface area contributed by atoms with Gasteiger partial charge < -0.3 is 5.32 Å². The number of nitrogens with one attached hydrogen (secondary N) is 1. The van der Waals surface area contributed by atoms with E-state index < -0.39 is 0 Å². The van der Waals surface area contributed by atoms with Crippen LogP contribution in [-0.2, 0) is 12.0 Å². The van der Waals surface area contributed by atoms with Crippen LogP contribution < -0.4 is 5.32 Å². The second-order valence-corrected chi connectivity index (χ2v) is 8.62. The van der Waals surface area contributed by atoms with Crippen molar-refractivity contribution in [3.63, 3.8) is 0 Å². The molecule has 4 aliphatic rings. The van der Waals surface area contributed by atoms with Gasteiger partial charge in [0.2, 0.25) is 0 Å². The fraction of sp³-hybridized carbons (Fsp3) is 0.875. The van der Waals surface area contributed by atoms with Gasteiger partial charge in [-0.3, -0.25) is 0 Å². The summed E-state index contributed by atoms with van der Waals surface area (Å²) in [7, 11) is 0. The molecule has 4 fully saturated rings. The molecule has 4 bridgehead atoms. The van der Waals surface area contributed by atoms with Crippen molar-refractivity contribution in [3.8, 4) is 0 Å². The van der Waals surface area contributed by atoms with Gasteiger partial charge in [-0.15, -0.1) is 5.10 Å². The zero-order valence-corrected chi connectivity index (χ0v) is 13.4. The minimum absolute atomic E-state index is 0.399. The van der Waals surface area contributed by atoms with E-state index in [1.54, 1.807) is 11.5 Å². The van der Waals surface area contributed by atoms with Crippen LogP contribution in [0.2, 0.25) is 0 Å². The first kappa shape index (κ1) is 13.2. The molecule has 0 amide bonds. The SMILES string of the molecule is CC(C)NCc1snnc1C12CC3CC(CC(C3)C1)C2. The van der Waals surface area contributed by atoms with Crippen molar-refractivity contribution in [2.75, 3.05) is 0 Å². The average molecular weight is 291 g/mol. The van der Waals surface area contributed by atoms with Gasteiger partial charge in [0.25, 0.3) is 0 Å². The zero-order valence-electron chi connectivity index (χ0n) is 12.6. The summed E-state index contributed by atoms with van der Waals surface area (Å²) in [5.41, 5.74) is 1.77. The summed E-state index contributed by atoms with van der Waals surface area (Å²) in [6.45, 7) is 5.37. The Morgan fingerprint density at radius 1 is 1.15 bits per heavy atom. The summed E-state index contributed by atoms with van der Waals surface area (Å²) in [4.78, 5) is 1.40. The molecule has 20 heavy (non-hydrogen) atoms. The molecule has 0 radical (unpaired) electrons. The summed E-state index contributed by atoms with van der Waals surface area (Å²) >= 11 is 1.62. The van der Waals surface area contributed by atoms with Gasteiger partial charge >= 0.3 is 0 Å². The highest BCUT2D eigenvalue weighted by Crippen LogP contribution is 2.60.